The minimum absolute atomic E-state index is 0.547. The Kier molecular flexibility index (Phi) is 8.23. The molecule has 0 saturated carbocycles. The third-order valence-electron chi connectivity index (χ3n) is 14.0. The molecule has 0 saturated heterocycles. The summed E-state index contributed by atoms with van der Waals surface area (Å²) < 4.78 is 17.9. The largest absolute Gasteiger partial charge is 0.456 e. The van der Waals surface area contributed by atoms with Crippen LogP contribution in [0.15, 0.2) is 233 Å². The summed E-state index contributed by atoms with van der Waals surface area (Å²) in [5, 5.41) is 8.86. The second kappa shape index (κ2) is 15.0. The first-order chi connectivity index (χ1) is 34.7. The highest BCUT2D eigenvalue weighted by Crippen LogP contribution is 2.42. The van der Waals surface area contributed by atoms with E-state index in [0.29, 0.717) is 17.5 Å². The van der Waals surface area contributed by atoms with E-state index in [1.165, 1.54) is 38.1 Å². The third kappa shape index (κ3) is 5.85. The van der Waals surface area contributed by atoms with E-state index in [4.69, 9.17) is 23.8 Å². The molecule has 0 spiro atoms. The van der Waals surface area contributed by atoms with E-state index in [1.54, 1.807) is 0 Å². The van der Waals surface area contributed by atoms with Gasteiger partial charge in [-0.25, -0.2) is 15.0 Å². The van der Waals surface area contributed by atoms with Gasteiger partial charge in [0.15, 0.2) is 17.5 Å². The highest BCUT2D eigenvalue weighted by Gasteiger charge is 2.21. The summed E-state index contributed by atoms with van der Waals surface area (Å²) in [5.41, 5.74) is 14.8. The van der Waals surface area contributed by atoms with E-state index >= 15 is 0 Å². The van der Waals surface area contributed by atoms with Gasteiger partial charge in [0.25, 0.3) is 0 Å². The highest BCUT2D eigenvalue weighted by atomic mass is 16.3. The molecule has 5 heterocycles. The zero-order valence-corrected chi connectivity index (χ0v) is 37.4. The van der Waals surface area contributed by atoms with Crippen molar-refractivity contribution in [1.29, 1.82) is 0 Å². The first-order valence-electron chi connectivity index (χ1n) is 23.5. The molecule has 0 bridgehead atoms. The monoisotopic (exact) mass is 895 g/mol. The molecule has 0 amide bonds. The van der Waals surface area contributed by atoms with Gasteiger partial charge in [0.2, 0.25) is 0 Å². The molecule has 0 fully saturated rings. The fraction of sp³-hybridized carbons (Fsp3) is 0. The first-order valence-corrected chi connectivity index (χ1v) is 23.5. The van der Waals surface area contributed by atoms with Gasteiger partial charge in [-0.2, -0.15) is 0 Å². The van der Waals surface area contributed by atoms with Gasteiger partial charge in [0.05, 0.1) is 22.1 Å². The molecule has 0 aliphatic heterocycles. The van der Waals surface area contributed by atoms with Crippen LogP contribution < -0.4 is 0 Å². The Labute approximate surface area is 399 Å². The molecule has 0 aliphatic rings. The molecule has 0 radical (unpaired) electrons. The molecule has 0 N–H and O–H groups in total. The first kappa shape index (κ1) is 38.5. The Morgan fingerprint density at radius 1 is 0.271 bits per heavy atom. The van der Waals surface area contributed by atoms with Crippen molar-refractivity contribution in [2.45, 2.75) is 0 Å². The lowest BCUT2D eigenvalue weighted by Crippen LogP contribution is -2.00. The summed E-state index contributed by atoms with van der Waals surface area (Å²) in [4.78, 5) is 15.6. The second-order valence-electron chi connectivity index (χ2n) is 17.9. The summed E-state index contributed by atoms with van der Waals surface area (Å²) in [6.07, 6.45) is 0. The van der Waals surface area contributed by atoms with E-state index in [-0.39, 0.29) is 0 Å². The van der Waals surface area contributed by atoms with Crippen molar-refractivity contribution in [1.82, 2.24) is 24.1 Å². The average Bonchev–Trinajstić information content (AvgIpc) is 4.18. The molecular weight excluding hydrogens is 859 g/mol. The predicted octanol–water partition coefficient (Wildman–Crippen LogP) is 16.5. The van der Waals surface area contributed by atoms with Gasteiger partial charge in [-0.05, 0) is 102 Å². The molecule has 10 aromatic carbocycles. The van der Waals surface area contributed by atoms with Crippen LogP contribution in [-0.2, 0) is 0 Å². The van der Waals surface area contributed by atoms with Crippen LogP contribution in [-0.4, -0.2) is 24.1 Å². The number of benzene rings is 10. The lowest BCUT2D eigenvalue weighted by Gasteiger charge is -2.10. The summed E-state index contributed by atoms with van der Waals surface area (Å²) in [7, 11) is 0. The summed E-state index contributed by atoms with van der Waals surface area (Å²) >= 11 is 0. The number of fused-ring (bicyclic) bond motifs is 12. The summed E-state index contributed by atoms with van der Waals surface area (Å²) in [6, 6.07) is 78.5. The third-order valence-corrected chi connectivity index (χ3v) is 14.0. The molecule has 15 rings (SSSR count). The molecule has 15 aromatic rings. The van der Waals surface area contributed by atoms with Gasteiger partial charge in [-0.3, -0.25) is 0 Å². The fourth-order valence-corrected chi connectivity index (χ4v) is 10.8. The Balaban J connectivity index is 0.865. The number of para-hydroxylation sites is 4. The number of hydrogen-bond acceptors (Lipinski definition) is 5. The number of nitrogens with zero attached hydrogens (tertiary/aromatic N) is 5. The maximum absolute atomic E-state index is 6.61. The lowest BCUT2D eigenvalue weighted by atomic mass is 9.99. The summed E-state index contributed by atoms with van der Waals surface area (Å²) in [6.45, 7) is 0. The molecule has 7 nitrogen and oxygen atoms in total. The van der Waals surface area contributed by atoms with E-state index < -0.39 is 0 Å². The molecule has 0 atom stereocenters. The Hall–Kier alpha value is -9.59. The van der Waals surface area contributed by atoms with Gasteiger partial charge >= 0.3 is 0 Å². The van der Waals surface area contributed by atoms with Crippen LogP contribution in [0.5, 0.6) is 0 Å². The van der Waals surface area contributed by atoms with Crippen molar-refractivity contribution in [2.24, 2.45) is 0 Å². The van der Waals surface area contributed by atoms with Gasteiger partial charge < -0.3 is 18.0 Å². The van der Waals surface area contributed by atoms with E-state index in [9.17, 15) is 0 Å². The maximum atomic E-state index is 6.61. The predicted molar refractivity (Wildman–Crippen MR) is 285 cm³/mol. The zero-order chi connectivity index (χ0) is 45.9. The number of furan rings is 2. The van der Waals surface area contributed by atoms with Crippen LogP contribution >= 0.6 is 0 Å². The zero-order valence-electron chi connectivity index (χ0n) is 37.4. The van der Waals surface area contributed by atoms with Crippen molar-refractivity contribution in [2.75, 3.05) is 0 Å². The minimum atomic E-state index is 0.547. The van der Waals surface area contributed by atoms with Crippen molar-refractivity contribution in [3.8, 4) is 56.7 Å². The second-order valence-corrected chi connectivity index (χ2v) is 17.9. The van der Waals surface area contributed by atoms with Crippen LogP contribution in [0.1, 0.15) is 0 Å². The lowest BCUT2D eigenvalue weighted by molar-refractivity contribution is 0.668. The van der Waals surface area contributed by atoms with E-state index in [0.717, 1.165) is 88.6 Å². The topological polar surface area (TPSA) is 74.8 Å². The molecule has 70 heavy (non-hydrogen) atoms. The van der Waals surface area contributed by atoms with Crippen molar-refractivity contribution in [3.05, 3.63) is 224 Å². The van der Waals surface area contributed by atoms with Gasteiger partial charge in [-0.15, -0.1) is 0 Å². The number of rotatable bonds is 6. The molecule has 326 valence electrons. The molecular formula is C63H37N5O2. The number of aromatic nitrogens is 5. The maximum Gasteiger partial charge on any atom is 0.164 e. The van der Waals surface area contributed by atoms with Crippen molar-refractivity contribution < 1.29 is 8.83 Å². The quantitative estimate of drug-likeness (QED) is 0.166. The van der Waals surface area contributed by atoms with Crippen molar-refractivity contribution in [3.63, 3.8) is 0 Å². The Morgan fingerprint density at radius 3 is 1.56 bits per heavy atom. The van der Waals surface area contributed by atoms with Crippen LogP contribution in [0, 0.1) is 0 Å². The smallest absolute Gasteiger partial charge is 0.164 e. The fourth-order valence-electron chi connectivity index (χ4n) is 10.8. The number of hydrogen-bond donors (Lipinski definition) is 0. The Morgan fingerprint density at radius 2 is 0.814 bits per heavy atom. The SMILES string of the molecule is c1ccc(-c2nc(-c3ccc4c(c3)oc3ccc(-n5c6ccccc6c6ccccc65)cc34)nc(-c3cccc4oc5ccc(-c6ccc7c(c6)c6ccccc6n7-c6ccccc6)cc5c34)n2)cc1. The molecule has 5 aromatic heterocycles. The molecule has 7 heteroatoms. The van der Waals surface area contributed by atoms with Crippen LogP contribution in [0.3, 0.4) is 0 Å². The minimum Gasteiger partial charge on any atom is -0.456 e. The standard InChI is InChI=1S/C63H37N5O2/c1-3-14-38(15-4-1)61-64-62(41-26-30-47-50-37-43(29-33-56(50)70-59(47)36-41)68-52-22-10-7-18-44(52)45-19-8-11-23-53(45)68)66-63(65-61)48-21-13-25-58-60(48)51-35-40(28-32-57(51)69-58)39-27-31-55-49(34-39)46-20-9-12-24-54(46)67(55)42-16-5-2-6-17-42/h1-37H. The van der Waals surface area contributed by atoms with E-state index in [1.807, 2.05) is 42.5 Å². The average molecular weight is 896 g/mol. The van der Waals surface area contributed by atoms with Crippen LogP contribution in [0.4, 0.5) is 0 Å². The van der Waals surface area contributed by atoms with Gasteiger partial charge in [0, 0.05) is 71.2 Å². The Bertz CT molecular complexity index is 4540. The van der Waals surface area contributed by atoms with Crippen LogP contribution in [0.25, 0.3) is 144 Å². The van der Waals surface area contributed by atoms with Crippen LogP contribution in [0.2, 0.25) is 0 Å². The van der Waals surface area contributed by atoms with Crippen molar-refractivity contribution >= 4 is 87.5 Å². The molecule has 0 aliphatic carbocycles. The summed E-state index contributed by atoms with van der Waals surface area (Å²) in [5.74, 6) is 1.68. The van der Waals surface area contributed by atoms with E-state index in [2.05, 4.69) is 191 Å². The van der Waals surface area contributed by atoms with Gasteiger partial charge in [-0.1, -0.05) is 133 Å². The normalized spacial score (nSPS) is 12.0. The highest BCUT2D eigenvalue weighted by molar-refractivity contribution is 6.15. The van der Waals surface area contributed by atoms with Gasteiger partial charge in [0.1, 0.15) is 22.3 Å². The molecule has 0 unspecified atom stereocenters.